The van der Waals surface area contributed by atoms with Crippen LogP contribution < -0.4 is 5.32 Å². The Hall–Kier alpha value is -1.38. The molecule has 5 heteroatoms. The highest BCUT2D eigenvalue weighted by atomic mass is 32.2. The Morgan fingerprint density at radius 2 is 2.15 bits per heavy atom. The lowest BCUT2D eigenvalue weighted by molar-refractivity contribution is 0.525. The molecule has 20 heavy (non-hydrogen) atoms. The quantitative estimate of drug-likeness (QED) is 0.814. The van der Waals surface area contributed by atoms with Crippen LogP contribution in [-0.4, -0.2) is 27.3 Å². The van der Waals surface area contributed by atoms with Crippen molar-refractivity contribution in [2.75, 3.05) is 18.8 Å². The second kappa shape index (κ2) is 5.55. The summed E-state index contributed by atoms with van der Waals surface area (Å²) in [6.45, 7) is 5.78. The molecule has 1 saturated carbocycles. The standard InChI is InChI=1S/C15H20N2O2S/c1-15(2)9-13(15)11-17-6-7-20(18,19)14-5-3-4-12(8-14)10-16/h3-5,8,13,17H,6-7,9,11H2,1-2H3. The van der Waals surface area contributed by atoms with E-state index in [1.165, 1.54) is 12.5 Å². The molecular formula is C15H20N2O2S. The van der Waals surface area contributed by atoms with Crippen molar-refractivity contribution in [2.24, 2.45) is 11.3 Å². The van der Waals surface area contributed by atoms with Gasteiger partial charge in [-0.05, 0) is 42.5 Å². The van der Waals surface area contributed by atoms with Crippen molar-refractivity contribution in [2.45, 2.75) is 25.2 Å². The van der Waals surface area contributed by atoms with Crippen molar-refractivity contribution in [1.29, 1.82) is 5.26 Å². The third-order valence-electron chi connectivity index (χ3n) is 3.98. The SMILES string of the molecule is CC1(C)CC1CNCCS(=O)(=O)c1cccc(C#N)c1. The van der Waals surface area contributed by atoms with Gasteiger partial charge in [-0.15, -0.1) is 0 Å². The zero-order chi connectivity index (χ0) is 14.8. The Bertz CT molecular complexity index is 630. The van der Waals surface area contributed by atoms with E-state index in [-0.39, 0.29) is 10.6 Å². The smallest absolute Gasteiger partial charge is 0.179 e. The number of nitriles is 1. The molecule has 0 radical (unpaired) electrons. The van der Waals surface area contributed by atoms with Crippen LogP contribution in [0.25, 0.3) is 0 Å². The molecule has 108 valence electrons. The van der Waals surface area contributed by atoms with E-state index in [4.69, 9.17) is 5.26 Å². The van der Waals surface area contributed by atoms with Crippen LogP contribution in [0.4, 0.5) is 0 Å². The molecule has 0 aromatic heterocycles. The first-order chi connectivity index (χ1) is 9.35. The van der Waals surface area contributed by atoms with Crippen molar-refractivity contribution < 1.29 is 8.42 Å². The first kappa shape index (κ1) is 15.0. The first-order valence-electron chi connectivity index (χ1n) is 6.79. The van der Waals surface area contributed by atoms with Crippen molar-refractivity contribution in [3.8, 4) is 6.07 Å². The molecule has 2 rings (SSSR count). The lowest BCUT2D eigenvalue weighted by Gasteiger charge is -2.07. The normalized spacial score (nSPS) is 20.4. The molecule has 1 aliphatic carbocycles. The number of sulfone groups is 1. The van der Waals surface area contributed by atoms with E-state index in [2.05, 4.69) is 19.2 Å². The van der Waals surface area contributed by atoms with Crippen molar-refractivity contribution >= 4 is 9.84 Å². The Labute approximate surface area is 120 Å². The number of nitrogens with zero attached hydrogens (tertiary/aromatic N) is 1. The number of benzene rings is 1. The summed E-state index contributed by atoms with van der Waals surface area (Å²) < 4.78 is 24.3. The van der Waals surface area contributed by atoms with Crippen molar-refractivity contribution in [3.05, 3.63) is 29.8 Å². The van der Waals surface area contributed by atoms with Gasteiger partial charge in [0.25, 0.3) is 0 Å². The molecule has 0 aliphatic heterocycles. The van der Waals surface area contributed by atoms with Crippen LogP contribution in [0.1, 0.15) is 25.8 Å². The minimum atomic E-state index is -3.31. The fourth-order valence-electron chi connectivity index (χ4n) is 2.28. The van der Waals surface area contributed by atoms with Gasteiger partial charge in [-0.1, -0.05) is 19.9 Å². The van der Waals surface area contributed by atoms with E-state index in [1.807, 2.05) is 6.07 Å². The van der Waals surface area contributed by atoms with E-state index in [0.717, 1.165) is 6.54 Å². The van der Waals surface area contributed by atoms with Crippen LogP contribution in [0.2, 0.25) is 0 Å². The maximum Gasteiger partial charge on any atom is 0.179 e. The maximum atomic E-state index is 12.1. The highest BCUT2D eigenvalue weighted by Gasteiger charge is 2.44. The predicted octanol–water partition coefficient (Wildman–Crippen LogP) is 1.97. The summed E-state index contributed by atoms with van der Waals surface area (Å²) in [6.07, 6.45) is 1.21. The van der Waals surface area contributed by atoms with E-state index in [1.54, 1.807) is 18.2 Å². The number of nitrogens with one attached hydrogen (secondary N) is 1. The summed E-state index contributed by atoms with van der Waals surface area (Å²) in [5.41, 5.74) is 0.784. The van der Waals surface area contributed by atoms with Crippen LogP contribution in [0.5, 0.6) is 0 Å². The summed E-state index contributed by atoms with van der Waals surface area (Å²) in [4.78, 5) is 0.227. The summed E-state index contributed by atoms with van der Waals surface area (Å²) >= 11 is 0. The van der Waals surface area contributed by atoms with Crippen LogP contribution in [0.3, 0.4) is 0 Å². The van der Waals surface area contributed by atoms with E-state index in [0.29, 0.717) is 23.4 Å². The number of hydrogen-bond donors (Lipinski definition) is 1. The van der Waals surface area contributed by atoms with Gasteiger partial charge in [0.1, 0.15) is 0 Å². The molecule has 1 aromatic rings. The average molecular weight is 292 g/mol. The highest BCUT2D eigenvalue weighted by molar-refractivity contribution is 7.91. The Kier molecular flexibility index (Phi) is 4.17. The second-order valence-corrected chi connectivity index (χ2v) is 8.16. The van der Waals surface area contributed by atoms with Gasteiger partial charge in [0.05, 0.1) is 22.3 Å². The molecule has 1 aliphatic rings. The average Bonchev–Trinajstić information content (AvgIpc) is 3.02. The molecular weight excluding hydrogens is 272 g/mol. The zero-order valence-electron chi connectivity index (χ0n) is 11.9. The van der Waals surface area contributed by atoms with Gasteiger partial charge in [-0.3, -0.25) is 0 Å². The van der Waals surface area contributed by atoms with Gasteiger partial charge in [-0.25, -0.2) is 8.42 Å². The molecule has 1 fully saturated rings. The van der Waals surface area contributed by atoms with E-state index >= 15 is 0 Å². The molecule has 0 spiro atoms. The molecule has 1 unspecified atom stereocenters. The van der Waals surface area contributed by atoms with E-state index in [9.17, 15) is 8.42 Å². The lowest BCUT2D eigenvalue weighted by atomic mass is 10.1. The molecule has 1 aromatic carbocycles. The van der Waals surface area contributed by atoms with Gasteiger partial charge in [-0.2, -0.15) is 5.26 Å². The molecule has 0 bridgehead atoms. The fourth-order valence-corrected chi connectivity index (χ4v) is 3.53. The molecule has 0 heterocycles. The van der Waals surface area contributed by atoms with Crippen molar-refractivity contribution in [1.82, 2.24) is 5.32 Å². The highest BCUT2D eigenvalue weighted by Crippen LogP contribution is 2.50. The Balaban J connectivity index is 1.86. The van der Waals surface area contributed by atoms with Gasteiger partial charge in [0.15, 0.2) is 9.84 Å². The summed E-state index contributed by atoms with van der Waals surface area (Å²) in [7, 11) is -3.31. The van der Waals surface area contributed by atoms with Gasteiger partial charge in [0, 0.05) is 6.54 Å². The summed E-state index contributed by atoms with van der Waals surface area (Å²) in [5.74, 6) is 0.724. The molecule has 0 saturated heterocycles. The van der Waals surface area contributed by atoms with Crippen LogP contribution in [0.15, 0.2) is 29.2 Å². The molecule has 0 amide bonds. The third-order valence-corrected chi connectivity index (χ3v) is 5.69. The van der Waals surface area contributed by atoms with Crippen LogP contribution >= 0.6 is 0 Å². The molecule has 4 nitrogen and oxygen atoms in total. The molecule has 1 N–H and O–H groups in total. The summed E-state index contributed by atoms with van der Waals surface area (Å²) in [6, 6.07) is 8.14. The number of rotatable bonds is 6. The Morgan fingerprint density at radius 3 is 2.75 bits per heavy atom. The van der Waals surface area contributed by atoms with Crippen LogP contribution in [0, 0.1) is 22.7 Å². The maximum absolute atomic E-state index is 12.1. The van der Waals surface area contributed by atoms with Gasteiger partial charge in [0.2, 0.25) is 0 Å². The van der Waals surface area contributed by atoms with Crippen molar-refractivity contribution in [3.63, 3.8) is 0 Å². The molecule has 1 atom stereocenters. The lowest BCUT2D eigenvalue weighted by Crippen LogP contribution is -2.25. The monoisotopic (exact) mass is 292 g/mol. The zero-order valence-corrected chi connectivity index (χ0v) is 12.7. The largest absolute Gasteiger partial charge is 0.315 e. The first-order valence-corrected chi connectivity index (χ1v) is 8.44. The van der Waals surface area contributed by atoms with Crippen LogP contribution in [-0.2, 0) is 9.84 Å². The van der Waals surface area contributed by atoms with Gasteiger partial charge < -0.3 is 5.32 Å². The topological polar surface area (TPSA) is 70.0 Å². The summed E-state index contributed by atoms with van der Waals surface area (Å²) in [5, 5.41) is 12.0. The van der Waals surface area contributed by atoms with Gasteiger partial charge >= 0.3 is 0 Å². The predicted molar refractivity (Wildman–Crippen MR) is 78.0 cm³/mol. The minimum absolute atomic E-state index is 0.0645. The van der Waals surface area contributed by atoms with E-state index < -0.39 is 9.84 Å². The minimum Gasteiger partial charge on any atom is -0.315 e. The Morgan fingerprint density at radius 1 is 1.45 bits per heavy atom. The third kappa shape index (κ3) is 3.59. The number of hydrogen-bond acceptors (Lipinski definition) is 4. The second-order valence-electron chi connectivity index (χ2n) is 6.05. The fraction of sp³-hybridized carbons (Fsp3) is 0.533.